The van der Waals surface area contributed by atoms with Gasteiger partial charge in [-0.05, 0) is 62.1 Å². The highest BCUT2D eigenvalue weighted by Gasteiger charge is 2.44. The maximum absolute atomic E-state index is 14.6. The van der Waals surface area contributed by atoms with Gasteiger partial charge in [0.1, 0.15) is 90.7 Å². The molecule has 4 aliphatic rings. The molecule has 16 rings (SSSR count). The van der Waals surface area contributed by atoms with Gasteiger partial charge in [-0.3, -0.25) is 19.2 Å². The molecule has 0 saturated carbocycles. The van der Waals surface area contributed by atoms with Crippen LogP contribution in [0.4, 0.5) is 89.1 Å². The molecule has 4 saturated heterocycles. The zero-order chi connectivity index (χ0) is 85.9. The average Bonchev–Trinajstić information content (AvgIpc) is 1.84. The summed E-state index contributed by atoms with van der Waals surface area (Å²) in [6.07, 6.45) is -1.76. The Morgan fingerprint density at radius 1 is 0.417 bits per heavy atom. The van der Waals surface area contributed by atoms with Crippen molar-refractivity contribution in [3.8, 4) is 45.6 Å². The van der Waals surface area contributed by atoms with Crippen molar-refractivity contribution in [1.29, 1.82) is 0 Å². The Balaban J connectivity index is 0.000000138. The number of halogens is 19. The van der Waals surface area contributed by atoms with E-state index < -0.39 is 136 Å². The number of aliphatic hydroxyl groups is 1. The van der Waals surface area contributed by atoms with Crippen LogP contribution in [-0.2, 0) is 19.2 Å². The van der Waals surface area contributed by atoms with Crippen molar-refractivity contribution in [2.24, 2.45) is 0 Å². The smallest absolute Gasteiger partial charge is 0.391 e. The minimum absolute atomic E-state index is 0.0449. The summed E-state index contributed by atoms with van der Waals surface area (Å²) < 4.78 is 192. The second-order valence-electron chi connectivity index (χ2n) is 27.3. The van der Waals surface area contributed by atoms with Gasteiger partial charge in [-0.15, -0.1) is 0 Å². The molecule has 0 aromatic carbocycles. The van der Waals surface area contributed by atoms with E-state index in [2.05, 4.69) is 79.7 Å². The number of pyridine rings is 4. The van der Waals surface area contributed by atoms with Gasteiger partial charge in [-0.1, -0.05) is 46.4 Å². The molecule has 0 aliphatic carbocycles. The molecular formula is C72H61Cl4F15N24O5. The van der Waals surface area contributed by atoms with Crippen LogP contribution in [0, 0.1) is 11.6 Å². The number of nitrogens with one attached hydrogen (secondary N) is 8. The van der Waals surface area contributed by atoms with E-state index in [0.717, 1.165) is 33.0 Å². The van der Waals surface area contributed by atoms with Crippen LogP contribution < -0.4 is 40.9 Å². The Bertz CT molecular complexity index is 5420. The van der Waals surface area contributed by atoms with Gasteiger partial charge in [0, 0.05) is 138 Å². The zero-order valence-electron chi connectivity index (χ0n) is 61.2. The minimum Gasteiger partial charge on any atom is -0.391 e. The average molecular weight is 1770 g/mol. The summed E-state index contributed by atoms with van der Waals surface area (Å²) in [6, 6.07) is 5.99. The van der Waals surface area contributed by atoms with Crippen LogP contribution in [0.15, 0.2) is 111 Å². The van der Waals surface area contributed by atoms with Crippen LogP contribution in [0.1, 0.15) is 38.5 Å². The van der Waals surface area contributed by atoms with Gasteiger partial charge < -0.3 is 65.9 Å². The highest BCUT2D eigenvalue weighted by molar-refractivity contribution is 6.32. The fraction of sp³-hybridized carbons (Fsp3) is 0.333. The molecule has 29 nitrogen and oxygen atoms in total. The molecule has 16 heterocycles. The number of nitrogens with zero attached hydrogens (tertiary/aromatic N) is 16. The Kier molecular flexibility index (Phi) is 25.6. The lowest BCUT2D eigenvalue weighted by Gasteiger charge is -2.25. The van der Waals surface area contributed by atoms with Crippen molar-refractivity contribution in [3.63, 3.8) is 0 Å². The van der Waals surface area contributed by atoms with E-state index in [0.29, 0.717) is 138 Å². The third-order valence-electron chi connectivity index (χ3n) is 18.9. The van der Waals surface area contributed by atoms with Gasteiger partial charge >= 0.3 is 24.7 Å². The van der Waals surface area contributed by atoms with Crippen LogP contribution >= 0.6 is 46.4 Å². The summed E-state index contributed by atoms with van der Waals surface area (Å²) in [4.78, 5) is 117. The predicted octanol–water partition coefficient (Wildman–Crippen LogP) is 12.5. The van der Waals surface area contributed by atoms with Crippen molar-refractivity contribution < 1.29 is 90.1 Å². The summed E-state index contributed by atoms with van der Waals surface area (Å²) in [7, 11) is 0. The number of β-amino-alcohol motifs (C(OH)–C–C–N with tert-alkyl or cyclic N) is 1. The lowest BCUT2D eigenvalue weighted by molar-refractivity contribution is -0.139. The number of aliphatic hydroxyl groups excluding tert-OH is 1. The normalized spacial score (nSPS) is 18.2. The number of alkyl halides is 13. The van der Waals surface area contributed by atoms with Crippen molar-refractivity contribution in [3.05, 3.63) is 142 Å². The largest absolute Gasteiger partial charge is 0.405 e. The molecule has 4 fully saturated rings. The van der Waals surface area contributed by atoms with Crippen molar-refractivity contribution in [2.45, 2.75) is 99.7 Å². The molecule has 12 aromatic heterocycles. The fourth-order valence-corrected chi connectivity index (χ4v) is 14.4. The quantitative estimate of drug-likeness (QED) is 0.0406. The lowest BCUT2D eigenvalue weighted by atomic mass is 10.2. The first-order valence-electron chi connectivity index (χ1n) is 35.9. The zero-order valence-corrected chi connectivity index (χ0v) is 64.2. The first kappa shape index (κ1) is 86.1. The topological polar surface area (TPSA) is 367 Å². The van der Waals surface area contributed by atoms with Gasteiger partial charge in [-0.2, -0.15) is 52.7 Å². The van der Waals surface area contributed by atoms with Gasteiger partial charge in [0.25, 0.3) is 0 Å². The van der Waals surface area contributed by atoms with Crippen LogP contribution in [0.25, 0.3) is 89.7 Å². The molecule has 632 valence electrons. The number of aromatic amines is 4. The third-order valence-corrected chi connectivity index (χ3v) is 19.7. The van der Waals surface area contributed by atoms with Crippen LogP contribution in [0.5, 0.6) is 0 Å². The standard InChI is InChI=1S/C18H14ClF5N6O.C18H15ClF4N6O2.2C18H16ClF3N6O/c19-8-1-10-11(4-26-14(10)25-3-8)15-27-5-12(21)16(29-15)30-6-9(20)2-13(30)17(31)28-7-18(22,23)24;19-8-1-10-11(4-25-14(10)24-3-8)15-26-5-12(20)16(28-15)29-6-9(30)2-13(29)17(31)27-7-18(21,22)23;2*19-10-6-11-12(8-25-15(11)24-7-10)16-23-4-3-14(27-16)28-5-1-2-13(28)17(29)26-9-18(20,21)22/h1,3-5,9,13H,2,6-7H2,(H,25,26)(H,28,31);1,3-5,9,13,30H,2,6-7H2,(H,24,25)(H,27,31);2*3-4,6-8,13H,1-2,5,9H2,(H,24,25)(H,26,29)/t9-,13-;9-,13+;2*13-/m0110/s1. The van der Waals surface area contributed by atoms with Crippen molar-refractivity contribution >= 4 is 137 Å². The number of carbonyl (C=O) groups is 4. The molecule has 12 aromatic rings. The van der Waals surface area contributed by atoms with Crippen molar-refractivity contribution in [2.75, 3.05) is 72.0 Å². The number of amides is 4. The molecular weight excluding hydrogens is 1710 g/mol. The van der Waals surface area contributed by atoms with E-state index in [1.54, 1.807) is 87.8 Å². The Hall–Kier alpha value is -11.8. The van der Waals surface area contributed by atoms with E-state index in [1.807, 2.05) is 10.6 Å². The van der Waals surface area contributed by atoms with Gasteiger partial charge in [0.2, 0.25) is 23.6 Å². The Morgan fingerprint density at radius 2 is 0.725 bits per heavy atom. The Labute approximate surface area is 685 Å². The molecule has 4 aliphatic heterocycles. The Morgan fingerprint density at radius 3 is 1.06 bits per heavy atom. The van der Waals surface area contributed by atoms with Gasteiger partial charge in [-0.25, -0.2) is 73.0 Å². The number of H-pyrrole nitrogens is 4. The van der Waals surface area contributed by atoms with E-state index in [1.165, 1.54) is 31.0 Å². The van der Waals surface area contributed by atoms with Gasteiger partial charge in [0.05, 0.1) is 45.1 Å². The van der Waals surface area contributed by atoms with Crippen LogP contribution in [-0.4, -0.2) is 222 Å². The second-order valence-corrected chi connectivity index (χ2v) is 29.1. The first-order valence-corrected chi connectivity index (χ1v) is 37.4. The highest BCUT2D eigenvalue weighted by atomic mass is 35.5. The maximum Gasteiger partial charge on any atom is 0.405 e. The number of fused-ring (bicyclic) bond motifs is 4. The summed E-state index contributed by atoms with van der Waals surface area (Å²) in [5, 5.41) is 21.6. The summed E-state index contributed by atoms with van der Waals surface area (Å²) in [5.41, 5.74) is 4.50. The van der Waals surface area contributed by atoms with E-state index >= 15 is 0 Å². The number of anilines is 4. The molecule has 0 bridgehead atoms. The van der Waals surface area contributed by atoms with Gasteiger partial charge in [0.15, 0.2) is 46.6 Å². The molecule has 0 unspecified atom stereocenters. The number of carbonyl (C=O) groups excluding carboxylic acids is 4. The second kappa shape index (κ2) is 35.7. The van der Waals surface area contributed by atoms with Crippen molar-refractivity contribution in [1.82, 2.24) is 101 Å². The summed E-state index contributed by atoms with van der Waals surface area (Å²) in [5.74, 6) is -4.02. The van der Waals surface area contributed by atoms with Crippen LogP contribution in [0.3, 0.4) is 0 Å². The SMILES string of the molecule is O=C(NCC(F)(F)F)[C@@H]1CCCN1c1ccnc(-c2c[nH]c3ncc(Cl)cc23)n1.O=C(NCC(F)(F)F)[C@@H]1C[C@@H](O)CN1c1nc(-c2c[nH]c3ncc(Cl)cc23)ncc1F.O=C(NCC(F)(F)F)[C@@H]1C[C@H](F)CN1c1nc(-c2c[nH]c3ncc(Cl)cc23)ncc1F.O=C(NCC(F)(F)F)[C@H]1CCCN1c1ccnc(-c2c[nH]c3ncc(Cl)cc23)n1. The first-order chi connectivity index (χ1) is 56.9. The molecule has 120 heavy (non-hydrogen) atoms. The number of hydrogen-bond donors (Lipinski definition) is 9. The minimum atomic E-state index is -4.63. The van der Waals surface area contributed by atoms with E-state index in [9.17, 15) is 90.1 Å². The summed E-state index contributed by atoms with van der Waals surface area (Å²) >= 11 is 24.0. The lowest BCUT2D eigenvalue weighted by Crippen LogP contribution is -2.46. The monoisotopic (exact) mass is 1770 g/mol. The highest BCUT2D eigenvalue weighted by Crippen LogP contribution is 2.38. The van der Waals surface area contributed by atoms with Crippen LogP contribution in [0.2, 0.25) is 20.1 Å². The molecule has 0 radical (unpaired) electrons. The molecule has 6 atom stereocenters. The number of hydrogen-bond acceptors (Lipinski definition) is 21. The maximum atomic E-state index is 14.6. The summed E-state index contributed by atoms with van der Waals surface area (Å²) in [6.45, 7) is -5.37. The molecule has 0 spiro atoms. The fourth-order valence-electron chi connectivity index (χ4n) is 13.7. The molecule has 48 heteroatoms. The van der Waals surface area contributed by atoms with E-state index in [4.69, 9.17) is 46.4 Å². The number of rotatable bonds is 16. The molecule has 4 amide bonds. The molecule has 9 N–H and O–H groups in total. The number of aromatic nitrogens is 16. The predicted molar refractivity (Wildman–Crippen MR) is 408 cm³/mol. The third kappa shape index (κ3) is 20.7. The van der Waals surface area contributed by atoms with E-state index in [-0.39, 0.29) is 36.3 Å².